The Morgan fingerprint density at radius 2 is 1.83 bits per heavy atom. The second-order valence-corrected chi connectivity index (χ2v) is 6.00. The first-order chi connectivity index (χ1) is 8.81. The van der Waals surface area contributed by atoms with E-state index in [2.05, 4.69) is 10.2 Å². The van der Waals surface area contributed by atoms with Crippen LogP contribution >= 0.6 is 0 Å². The predicted octanol–water partition coefficient (Wildman–Crippen LogP) is 2.56. The van der Waals surface area contributed by atoms with E-state index >= 15 is 0 Å². The third-order valence-electron chi connectivity index (χ3n) is 4.58. The topological polar surface area (TPSA) is 32.3 Å². The number of carbonyl (C=O) groups excluding carboxylic acids is 1. The Bertz CT molecular complexity index is 259. The molecule has 1 N–H and O–H groups in total. The van der Waals surface area contributed by atoms with Crippen LogP contribution in [0.5, 0.6) is 0 Å². The molecule has 0 radical (unpaired) electrons. The Kier molecular flexibility index (Phi) is 5.48. The van der Waals surface area contributed by atoms with Crippen LogP contribution in [0.15, 0.2) is 0 Å². The Morgan fingerprint density at radius 3 is 2.56 bits per heavy atom. The molecule has 1 heterocycles. The number of rotatable bonds is 4. The number of nitrogens with one attached hydrogen (secondary N) is 1. The highest BCUT2D eigenvalue weighted by molar-refractivity contribution is 5.77. The zero-order chi connectivity index (χ0) is 12.8. The summed E-state index contributed by atoms with van der Waals surface area (Å²) < 4.78 is 0. The van der Waals surface area contributed by atoms with Crippen molar-refractivity contribution in [1.29, 1.82) is 0 Å². The number of likely N-dealkylation sites (tertiary alicyclic amines) is 1. The molecule has 3 nitrogen and oxygen atoms in total. The second-order valence-electron chi connectivity index (χ2n) is 6.00. The molecule has 3 heteroatoms. The monoisotopic (exact) mass is 252 g/mol. The van der Waals surface area contributed by atoms with Crippen LogP contribution in [-0.4, -0.2) is 37.0 Å². The lowest BCUT2D eigenvalue weighted by molar-refractivity contribution is -0.136. The van der Waals surface area contributed by atoms with Crippen LogP contribution in [0.2, 0.25) is 0 Å². The van der Waals surface area contributed by atoms with Gasteiger partial charge in [0, 0.05) is 25.6 Å². The maximum atomic E-state index is 12.4. The molecule has 18 heavy (non-hydrogen) atoms. The molecule has 1 aliphatic heterocycles. The third kappa shape index (κ3) is 3.71. The molecular weight excluding hydrogens is 224 g/mol. The number of piperidine rings is 1. The highest BCUT2D eigenvalue weighted by Gasteiger charge is 2.28. The molecule has 1 saturated carbocycles. The summed E-state index contributed by atoms with van der Waals surface area (Å²) in [6.07, 6.45) is 11.0. The van der Waals surface area contributed by atoms with Gasteiger partial charge in [-0.1, -0.05) is 19.3 Å². The standard InChI is InChI=1S/C15H28N2O/c1-16-12-14-9-5-6-10-17(14)15(18)11-13-7-3-2-4-8-13/h13-14,16H,2-12H2,1H3. The molecule has 1 aliphatic carbocycles. The van der Waals surface area contributed by atoms with E-state index in [1.54, 1.807) is 0 Å². The van der Waals surface area contributed by atoms with Gasteiger partial charge in [-0.15, -0.1) is 0 Å². The lowest BCUT2D eigenvalue weighted by Crippen LogP contribution is -2.48. The summed E-state index contributed by atoms with van der Waals surface area (Å²) in [6, 6.07) is 0.444. The second kappa shape index (κ2) is 7.13. The normalized spacial score (nSPS) is 26.3. The minimum Gasteiger partial charge on any atom is -0.338 e. The first-order valence-corrected chi connectivity index (χ1v) is 7.75. The van der Waals surface area contributed by atoms with Crippen molar-refractivity contribution in [2.45, 2.75) is 63.8 Å². The fourth-order valence-electron chi connectivity index (χ4n) is 3.53. The molecule has 0 spiro atoms. The number of amides is 1. The van der Waals surface area contributed by atoms with Gasteiger partial charge < -0.3 is 10.2 Å². The summed E-state index contributed by atoms with van der Waals surface area (Å²) in [5, 5.41) is 3.23. The van der Waals surface area contributed by atoms with Crippen LogP contribution in [0.25, 0.3) is 0 Å². The van der Waals surface area contributed by atoms with E-state index in [9.17, 15) is 4.79 Å². The van der Waals surface area contributed by atoms with Gasteiger partial charge in [-0.25, -0.2) is 0 Å². The van der Waals surface area contributed by atoms with E-state index in [-0.39, 0.29) is 0 Å². The molecule has 0 aromatic rings. The fourth-order valence-corrected chi connectivity index (χ4v) is 3.53. The van der Waals surface area contributed by atoms with Crippen molar-refractivity contribution in [2.75, 3.05) is 20.1 Å². The molecule has 1 atom stereocenters. The number of carbonyl (C=O) groups is 1. The number of nitrogens with zero attached hydrogens (tertiary/aromatic N) is 1. The van der Waals surface area contributed by atoms with Gasteiger partial charge >= 0.3 is 0 Å². The molecule has 1 unspecified atom stereocenters. The van der Waals surface area contributed by atoms with Gasteiger partial charge in [0.15, 0.2) is 0 Å². The summed E-state index contributed by atoms with van der Waals surface area (Å²) in [5.41, 5.74) is 0. The minimum absolute atomic E-state index is 0.418. The van der Waals surface area contributed by atoms with Crippen molar-refractivity contribution in [3.8, 4) is 0 Å². The van der Waals surface area contributed by atoms with Crippen LogP contribution in [-0.2, 0) is 4.79 Å². The number of likely N-dealkylation sites (N-methyl/N-ethyl adjacent to an activating group) is 1. The van der Waals surface area contributed by atoms with Crippen molar-refractivity contribution in [3.05, 3.63) is 0 Å². The molecule has 2 aliphatic rings. The Labute approximate surface area is 111 Å². The van der Waals surface area contributed by atoms with Gasteiger partial charge in [0.05, 0.1) is 0 Å². The van der Waals surface area contributed by atoms with Crippen LogP contribution in [0.4, 0.5) is 0 Å². The van der Waals surface area contributed by atoms with Crippen LogP contribution in [0, 0.1) is 5.92 Å². The van der Waals surface area contributed by atoms with E-state index in [1.165, 1.54) is 51.4 Å². The average molecular weight is 252 g/mol. The highest BCUT2D eigenvalue weighted by Crippen LogP contribution is 2.28. The largest absolute Gasteiger partial charge is 0.338 e. The van der Waals surface area contributed by atoms with E-state index in [0.717, 1.165) is 19.5 Å². The minimum atomic E-state index is 0.418. The molecule has 1 saturated heterocycles. The van der Waals surface area contributed by atoms with Crippen LogP contribution in [0.3, 0.4) is 0 Å². The van der Waals surface area contributed by atoms with Gasteiger partial charge in [0.1, 0.15) is 0 Å². The van der Waals surface area contributed by atoms with Crippen molar-refractivity contribution in [2.24, 2.45) is 5.92 Å². The third-order valence-corrected chi connectivity index (χ3v) is 4.58. The summed E-state index contributed by atoms with van der Waals surface area (Å²) in [6.45, 7) is 1.94. The summed E-state index contributed by atoms with van der Waals surface area (Å²) in [5.74, 6) is 1.09. The smallest absolute Gasteiger partial charge is 0.223 e. The quantitative estimate of drug-likeness (QED) is 0.834. The molecule has 2 rings (SSSR count). The molecule has 0 aromatic heterocycles. The maximum Gasteiger partial charge on any atom is 0.223 e. The Balaban J connectivity index is 1.84. The average Bonchev–Trinajstić information content (AvgIpc) is 2.41. The molecule has 2 fully saturated rings. The SMILES string of the molecule is CNCC1CCCCN1C(=O)CC1CCCCC1. The van der Waals surface area contributed by atoms with Crippen molar-refractivity contribution >= 4 is 5.91 Å². The van der Waals surface area contributed by atoms with Gasteiger partial charge in [0.2, 0.25) is 5.91 Å². The van der Waals surface area contributed by atoms with E-state index in [1.807, 2.05) is 7.05 Å². The van der Waals surface area contributed by atoms with Crippen molar-refractivity contribution < 1.29 is 4.79 Å². The fraction of sp³-hybridized carbons (Fsp3) is 0.933. The van der Waals surface area contributed by atoms with E-state index in [0.29, 0.717) is 17.9 Å². The number of hydrogen-bond acceptors (Lipinski definition) is 2. The lowest BCUT2D eigenvalue weighted by Gasteiger charge is -2.37. The van der Waals surface area contributed by atoms with Crippen molar-refractivity contribution in [1.82, 2.24) is 10.2 Å². The zero-order valence-electron chi connectivity index (χ0n) is 11.8. The molecule has 0 aromatic carbocycles. The summed E-state index contributed by atoms with van der Waals surface area (Å²) >= 11 is 0. The number of hydrogen-bond donors (Lipinski definition) is 1. The molecule has 104 valence electrons. The van der Waals surface area contributed by atoms with Gasteiger partial charge in [-0.3, -0.25) is 4.79 Å². The Hall–Kier alpha value is -0.570. The van der Waals surface area contributed by atoms with Crippen LogP contribution < -0.4 is 5.32 Å². The van der Waals surface area contributed by atoms with Gasteiger partial charge in [-0.05, 0) is 45.1 Å². The lowest BCUT2D eigenvalue weighted by atomic mass is 9.86. The highest BCUT2D eigenvalue weighted by atomic mass is 16.2. The zero-order valence-corrected chi connectivity index (χ0v) is 11.8. The maximum absolute atomic E-state index is 12.4. The van der Waals surface area contributed by atoms with Crippen LogP contribution in [0.1, 0.15) is 57.8 Å². The summed E-state index contributed by atoms with van der Waals surface area (Å²) in [7, 11) is 1.98. The van der Waals surface area contributed by atoms with Gasteiger partial charge in [-0.2, -0.15) is 0 Å². The first kappa shape index (κ1) is 13.9. The molecule has 1 amide bonds. The van der Waals surface area contributed by atoms with E-state index < -0.39 is 0 Å². The van der Waals surface area contributed by atoms with Crippen molar-refractivity contribution in [3.63, 3.8) is 0 Å². The first-order valence-electron chi connectivity index (χ1n) is 7.75. The van der Waals surface area contributed by atoms with Gasteiger partial charge in [0.25, 0.3) is 0 Å². The predicted molar refractivity (Wildman–Crippen MR) is 74.5 cm³/mol. The molecule has 0 bridgehead atoms. The Morgan fingerprint density at radius 1 is 1.11 bits per heavy atom. The van der Waals surface area contributed by atoms with E-state index in [4.69, 9.17) is 0 Å². The molecular formula is C15H28N2O. The summed E-state index contributed by atoms with van der Waals surface area (Å²) in [4.78, 5) is 14.6.